The van der Waals surface area contributed by atoms with Crippen molar-refractivity contribution in [2.75, 3.05) is 11.4 Å². The Morgan fingerprint density at radius 2 is 2.09 bits per heavy atom. The van der Waals surface area contributed by atoms with Gasteiger partial charge in [0, 0.05) is 18.8 Å². The minimum absolute atomic E-state index is 0. The van der Waals surface area contributed by atoms with Crippen molar-refractivity contribution in [2.24, 2.45) is 5.73 Å². The molecule has 1 aliphatic rings. The third kappa shape index (κ3) is 3.33. The van der Waals surface area contributed by atoms with Gasteiger partial charge in [-0.25, -0.2) is 4.98 Å². The zero-order valence-electron chi connectivity index (χ0n) is 13.8. The van der Waals surface area contributed by atoms with Gasteiger partial charge in [-0.2, -0.15) is 4.98 Å². The van der Waals surface area contributed by atoms with Gasteiger partial charge in [0.2, 0.25) is 0 Å². The number of nitrogens with zero attached hydrogens (tertiary/aromatic N) is 4. The van der Waals surface area contributed by atoms with Crippen LogP contribution in [0.2, 0.25) is 0 Å². The Kier molecular flexibility index (Phi) is 5.26. The molecule has 126 valence electrons. The van der Waals surface area contributed by atoms with Crippen molar-refractivity contribution < 1.29 is 4.52 Å². The fourth-order valence-corrected chi connectivity index (χ4v) is 2.80. The molecule has 0 aliphatic heterocycles. The topological polar surface area (TPSA) is 81.1 Å². The summed E-state index contributed by atoms with van der Waals surface area (Å²) in [4.78, 5) is 11.2. The summed E-state index contributed by atoms with van der Waals surface area (Å²) in [6, 6.07) is 4.37. The van der Waals surface area contributed by atoms with Gasteiger partial charge in [0.05, 0.1) is 11.1 Å². The predicted molar refractivity (Wildman–Crippen MR) is 92.6 cm³/mol. The fourth-order valence-electron chi connectivity index (χ4n) is 2.80. The van der Waals surface area contributed by atoms with Gasteiger partial charge in [0.25, 0.3) is 5.89 Å². The van der Waals surface area contributed by atoms with Gasteiger partial charge in [-0.15, -0.1) is 12.4 Å². The second-order valence-electron chi connectivity index (χ2n) is 6.22. The SMILES string of the molecule is CCN(c1ccc(-c2nc(C3(N)CCC3)no2)cn1)C(C)C.Cl. The van der Waals surface area contributed by atoms with Gasteiger partial charge in [0.1, 0.15) is 5.82 Å². The predicted octanol–water partition coefficient (Wildman–Crippen LogP) is 3.13. The molecule has 0 amide bonds. The third-order valence-electron chi connectivity index (χ3n) is 4.37. The number of anilines is 1. The third-order valence-corrected chi connectivity index (χ3v) is 4.37. The highest BCUT2D eigenvalue weighted by atomic mass is 35.5. The lowest BCUT2D eigenvalue weighted by Gasteiger charge is -2.34. The highest BCUT2D eigenvalue weighted by molar-refractivity contribution is 5.85. The highest BCUT2D eigenvalue weighted by Crippen LogP contribution is 2.37. The lowest BCUT2D eigenvalue weighted by atomic mass is 9.77. The average Bonchev–Trinajstić information content (AvgIpc) is 2.96. The molecule has 0 spiro atoms. The van der Waals surface area contributed by atoms with Gasteiger partial charge < -0.3 is 15.2 Å². The molecule has 2 aromatic heterocycles. The van der Waals surface area contributed by atoms with Crippen LogP contribution in [0.3, 0.4) is 0 Å². The minimum Gasteiger partial charge on any atom is -0.354 e. The van der Waals surface area contributed by atoms with Crippen LogP contribution in [0.15, 0.2) is 22.9 Å². The summed E-state index contributed by atoms with van der Waals surface area (Å²) in [6.45, 7) is 7.36. The zero-order valence-corrected chi connectivity index (χ0v) is 14.6. The normalized spacial score (nSPS) is 15.9. The molecule has 0 aromatic carbocycles. The Labute approximate surface area is 142 Å². The van der Waals surface area contributed by atoms with Crippen LogP contribution in [0, 0.1) is 0 Å². The molecule has 1 fully saturated rings. The summed E-state index contributed by atoms with van der Waals surface area (Å²) in [6.07, 6.45) is 4.74. The largest absolute Gasteiger partial charge is 0.354 e. The Morgan fingerprint density at radius 1 is 1.35 bits per heavy atom. The summed E-state index contributed by atoms with van der Waals surface area (Å²) >= 11 is 0. The molecule has 2 heterocycles. The first-order valence-electron chi connectivity index (χ1n) is 7.89. The molecular formula is C16H24ClN5O. The van der Waals surface area contributed by atoms with Crippen LogP contribution in [0.4, 0.5) is 5.82 Å². The van der Waals surface area contributed by atoms with E-state index in [9.17, 15) is 0 Å². The monoisotopic (exact) mass is 337 g/mol. The standard InChI is InChI=1S/C16H23N5O.ClH/c1-4-21(11(2)3)13-7-6-12(10-18-13)14-19-15(20-22-14)16(17)8-5-9-16;/h6-7,10-11H,4-5,8-9,17H2,1-3H3;1H. The van der Waals surface area contributed by atoms with Crippen molar-refractivity contribution in [3.63, 3.8) is 0 Å². The van der Waals surface area contributed by atoms with E-state index in [0.717, 1.165) is 37.2 Å². The van der Waals surface area contributed by atoms with Gasteiger partial charge in [-0.1, -0.05) is 5.16 Å². The maximum Gasteiger partial charge on any atom is 0.259 e. The highest BCUT2D eigenvalue weighted by Gasteiger charge is 2.39. The Morgan fingerprint density at radius 3 is 2.57 bits per heavy atom. The number of aromatic nitrogens is 3. The zero-order chi connectivity index (χ0) is 15.7. The summed E-state index contributed by atoms with van der Waals surface area (Å²) in [5.74, 6) is 2.05. The van der Waals surface area contributed by atoms with E-state index in [1.54, 1.807) is 6.20 Å². The molecular weight excluding hydrogens is 314 g/mol. The van der Waals surface area contributed by atoms with E-state index in [1.807, 2.05) is 12.1 Å². The quantitative estimate of drug-likeness (QED) is 0.902. The average molecular weight is 338 g/mol. The first kappa shape index (κ1) is 17.7. The van der Waals surface area contributed by atoms with Gasteiger partial charge in [-0.3, -0.25) is 0 Å². The van der Waals surface area contributed by atoms with Crippen LogP contribution in [-0.4, -0.2) is 27.7 Å². The maximum absolute atomic E-state index is 6.22. The van der Waals surface area contributed by atoms with E-state index in [4.69, 9.17) is 10.3 Å². The van der Waals surface area contributed by atoms with E-state index in [0.29, 0.717) is 17.8 Å². The van der Waals surface area contributed by atoms with Crippen molar-refractivity contribution in [3.05, 3.63) is 24.2 Å². The smallest absolute Gasteiger partial charge is 0.259 e. The van der Waals surface area contributed by atoms with Crippen molar-refractivity contribution in [1.29, 1.82) is 0 Å². The molecule has 6 nitrogen and oxygen atoms in total. The van der Waals surface area contributed by atoms with E-state index in [1.165, 1.54) is 0 Å². The van der Waals surface area contributed by atoms with Crippen molar-refractivity contribution in [1.82, 2.24) is 15.1 Å². The number of rotatable bonds is 5. The fraction of sp³-hybridized carbons (Fsp3) is 0.562. The molecule has 0 atom stereocenters. The lowest BCUT2D eigenvalue weighted by Crippen LogP contribution is -2.44. The number of halogens is 1. The van der Waals surface area contributed by atoms with E-state index in [-0.39, 0.29) is 12.4 Å². The van der Waals surface area contributed by atoms with Crippen molar-refractivity contribution in [3.8, 4) is 11.5 Å². The molecule has 0 radical (unpaired) electrons. The first-order valence-corrected chi connectivity index (χ1v) is 7.89. The molecule has 0 unspecified atom stereocenters. The van der Waals surface area contributed by atoms with E-state index < -0.39 is 5.54 Å². The van der Waals surface area contributed by atoms with Crippen LogP contribution in [-0.2, 0) is 5.54 Å². The molecule has 0 bridgehead atoms. The molecule has 2 aromatic rings. The second-order valence-corrected chi connectivity index (χ2v) is 6.22. The minimum atomic E-state index is -0.397. The first-order chi connectivity index (χ1) is 10.5. The molecule has 1 saturated carbocycles. The summed E-state index contributed by atoms with van der Waals surface area (Å²) in [5, 5.41) is 4.04. The summed E-state index contributed by atoms with van der Waals surface area (Å²) in [5.41, 5.74) is 6.65. The van der Waals surface area contributed by atoms with E-state index >= 15 is 0 Å². The second kappa shape index (κ2) is 6.84. The number of hydrogen-bond acceptors (Lipinski definition) is 6. The lowest BCUT2D eigenvalue weighted by molar-refractivity contribution is 0.229. The number of nitrogens with two attached hydrogens (primary N) is 1. The van der Waals surface area contributed by atoms with Gasteiger partial charge in [0.15, 0.2) is 5.82 Å². The van der Waals surface area contributed by atoms with Gasteiger partial charge in [-0.05, 0) is 52.2 Å². The molecule has 0 saturated heterocycles. The summed E-state index contributed by atoms with van der Waals surface area (Å²) in [7, 11) is 0. The van der Waals surface area contributed by atoms with Gasteiger partial charge >= 0.3 is 0 Å². The van der Waals surface area contributed by atoms with Crippen LogP contribution < -0.4 is 10.6 Å². The Bertz CT molecular complexity index is 636. The van der Waals surface area contributed by atoms with Crippen LogP contribution in [0.5, 0.6) is 0 Å². The molecule has 3 rings (SSSR count). The molecule has 7 heteroatoms. The van der Waals surface area contributed by atoms with Crippen LogP contribution in [0.1, 0.15) is 45.9 Å². The maximum atomic E-state index is 6.22. The van der Waals surface area contributed by atoms with Crippen LogP contribution in [0.25, 0.3) is 11.5 Å². The molecule has 2 N–H and O–H groups in total. The number of pyridine rings is 1. The van der Waals surface area contributed by atoms with Crippen molar-refractivity contribution in [2.45, 2.75) is 51.6 Å². The van der Waals surface area contributed by atoms with E-state index in [2.05, 4.69) is 40.8 Å². The molecule has 1 aliphatic carbocycles. The molecule has 23 heavy (non-hydrogen) atoms. The van der Waals surface area contributed by atoms with Crippen LogP contribution >= 0.6 is 12.4 Å². The Hall–Kier alpha value is -1.66. The summed E-state index contributed by atoms with van der Waals surface area (Å²) < 4.78 is 5.35. The van der Waals surface area contributed by atoms with Crippen molar-refractivity contribution >= 4 is 18.2 Å². The Balaban J connectivity index is 0.00000192. The number of hydrogen-bond donors (Lipinski definition) is 1.